The highest BCUT2D eigenvalue weighted by Crippen LogP contribution is 2.42. The zero-order valence-corrected chi connectivity index (χ0v) is 12.4. The summed E-state index contributed by atoms with van der Waals surface area (Å²) in [5.74, 6) is -1.43. The predicted molar refractivity (Wildman–Crippen MR) is 77.4 cm³/mol. The van der Waals surface area contributed by atoms with Crippen LogP contribution in [0.25, 0.3) is 0 Å². The number of Topliss-reactive ketones (excluding diaryl/α,β-unsaturated/α-hetero) is 1. The van der Waals surface area contributed by atoms with Crippen molar-refractivity contribution in [2.24, 2.45) is 11.3 Å². The topological polar surface area (TPSA) is 74.6 Å². The van der Waals surface area contributed by atoms with Crippen LogP contribution in [0.5, 0.6) is 0 Å². The van der Waals surface area contributed by atoms with E-state index in [0.29, 0.717) is 17.6 Å². The molecule has 1 aliphatic carbocycles. The lowest BCUT2D eigenvalue weighted by Gasteiger charge is -2.36. The van der Waals surface area contributed by atoms with Gasteiger partial charge in [0.2, 0.25) is 0 Å². The van der Waals surface area contributed by atoms with Gasteiger partial charge < -0.3 is 10.2 Å². The molecule has 1 unspecified atom stereocenters. The van der Waals surface area contributed by atoms with Crippen molar-refractivity contribution in [1.82, 2.24) is 0 Å². The molecular weight excluding hydrogens is 256 g/mol. The molecule has 0 aromatic rings. The predicted octanol–water partition coefficient (Wildman–Crippen LogP) is 3.41. The maximum Gasteiger partial charge on any atom is 0.328 e. The number of aliphatic hydroxyl groups excluding tert-OH is 1. The fraction of sp³-hybridized carbons (Fsp3) is 0.500. The first-order valence-corrected chi connectivity index (χ1v) is 6.73. The number of carboxylic acid groups (broad SMARTS) is 1. The highest BCUT2D eigenvalue weighted by atomic mass is 16.4. The first-order valence-electron chi connectivity index (χ1n) is 6.73. The number of carbonyl (C=O) groups excluding carboxylic acids is 1. The van der Waals surface area contributed by atoms with Gasteiger partial charge >= 0.3 is 5.97 Å². The Hall–Kier alpha value is -1.84. The summed E-state index contributed by atoms with van der Waals surface area (Å²) < 4.78 is 0. The van der Waals surface area contributed by atoms with Crippen molar-refractivity contribution in [1.29, 1.82) is 0 Å². The lowest BCUT2D eigenvalue weighted by Crippen LogP contribution is -2.33. The SMILES string of the molecule is CCC(=C/C(=O)O)/C=C/C1C(C)=C(O)C(=O)CC1(C)C. The third-order valence-corrected chi connectivity index (χ3v) is 3.78. The summed E-state index contributed by atoms with van der Waals surface area (Å²) in [6, 6.07) is 0. The van der Waals surface area contributed by atoms with Crippen LogP contribution in [-0.4, -0.2) is 22.0 Å². The van der Waals surface area contributed by atoms with E-state index in [0.717, 1.165) is 0 Å². The van der Waals surface area contributed by atoms with E-state index in [-0.39, 0.29) is 29.3 Å². The lowest BCUT2D eigenvalue weighted by molar-refractivity contribution is -0.131. The van der Waals surface area contributed by atoms with Crippen LogP contribution in [0.1, 0.15) is 40.5 Å². The fourth-order valence-corrected chi connectivity index (χ4v) is 2.61. The van der Waals surface area contributed by atoms with E-state index in [9.17, 15) is 14.7 Å². The van der Waals surface area contributed by atoms with E-state index in [4.69, 9.17) is 5.11 Å². The summed E-state index contributed by atoms with van der Waals surface area (Å²) in [5.41, 5.74) is 1.07. The normalized spacial score (nSPS) is 23.5. The Kier molecular flexibility index (Phi) is 4.93. The minimum absolute atomic E-state index is 0.0797. The summed E-state index contributed by atoms with van der Waals surface area (Å²) in [6.07, 6.45) is 5.73. The Morgan fingerprint density at radius 1 is 1.45 bits per heavy atom. The van der Waals surface area contributed by atoms with Gasteiger partial charge in [0.1, 0.15) is 0 Å². The molecule has 110 valence electrons. The summed E-state index contributed by atoms with van der Waals surface area (Å²) in [6.45, 7) is 7.58. The molecule has 0 aliphatic heterocycles. The average Bonchev–Trinajstić information content (AvgIpc) is 2.33. The molecule has 0 amide bonds. The van der Waals surface area contributed by atoms with Crippen molar-refractivity contribution in [3.8, 4) is 0 Å². The third-order valence-electron chi connectivity index (χ3n) is 3.78. The number of carbonyl (C=O) groups is 2. The van der Waals surface area contributed by atoms with Crippen LogP contribution in [0.15, 0.2) is 35.1 Å². The summed E-state index contributed by atoms with van der Waals surface area (Å²) >= 11 is 0. The van der Waals surface area contributed by atoms with Crippen molar-refractivity contribution in [3.05, 3.63) is 35.1 Å². The molecule has 0 heterocycles. The second-order valence-corrected chi connectivity index (χ2v) is 5.87. The molecule has 2 N–H and O–H groups in total. The zero-order chi connectivity index (χ0) is 15.5. The van der Waals surface area contributed by atoms with Crippen LogP contribution in [-0.2, 0) is 9.59 Å². The average molecular weight is 278 g/mol. The largest absolute Gasteiger partial charge is 0.504 e. The van der Waals surface area contributed by atoms with Gasteiger partial charge in [0.05, 0.1) is 0 Å². The highest BCUT2D eigenvalue weighted by molar-refractivity contribution is 5.95. The number of aliphatic hydroxyl groups is 1. The van der Waals surface area contributed by atoms with Gasteiger partial charge in [-0.15, -0.1) is 0 Å². The van der Waals surface area contributed by atoms with Gasteiger partial charge in [-0.05, 0) is 29.9 Å². The zero-order valence-electron chi connectivity index (χ0n) is 12.4. The Labute approximate surface area is 119 Å². The molecule has 1 aliphatic rings. The van der Waals surface area contributed by atoms with Gasteiger partial charge in [0.25, 0.3) is 0 Å². The number of aliphatic carboxylic acids is 1. The molecule has 4 nitrogen and oxygen atoms in total. The maximum absolute atomic E-state index is 11.7. The van der Waals surface area contributed by atoms with Crippen LogP contribution < -0.4 is 0 Å². The quantitative estimate of drug-likeness (QED) is 0.610. The van der Waals surface area contributed by atoms with Crippen molar-refractivity contribution in [2.75, 3.05) is 0 Å². The first-order chi connectivity index (χ1) is 9.19. The number of carboxylic acids is 1. The second-order valence-electron chi connectivity index (χ2n) is 5.87. The molecule has 1 atom stereocenters. The molecule has 0 bridgehead atoms. The highest BCUT2D eigenvalue weighted by Gasteiger charge is 2.38. The monoisotopic (exact) mass is 278 g/mol. The molecule has 0 aromatic carbocycles. The van der Waals surface area contributed by atoms with E-state index in [1.54, 1.807) is 13.0 Å². The summed E-state index contributed by atoms with van der Waals surface area (Å²) in [4.78, 5) is 22.4. The first kappa shape index (κ1) is 16.2. The summed E-state index contributed by atoms with van der Waals surface area (Å²) in [5, 5.41) is 18.6. The van der Waals surface area contributed by atoms with Crippen molar-refractivity contribution in [3.63, 3.8) is 0 Å². The molecule has 0 saturated heterocycles. The van der Waals surface area contributed by atoms with E-state index < -0.39 is 5.97 Å². The van der Waals surface area contributed by atoms with Crippen LogP contribution in [0, 0.1) is 11.3 Å². The van der Waals surface area contributed by atoms with Gasteiger partial charge in [-0.2, -0.15) is 0 Å². The maximum atomic E-state index is 11.7. The Morgan fingerprint density at radius 3 is 2.55 bits per heavy atom. The number of rotatable bonds is 4. The molecule has 0 spiro atoms. The minimum atomic E-state index is -0.973. The van der Waals surface area contributed by atoms with Gasteiger partial charge in [-0.25, -0.2) is 4.79 Å². The lowest BCUT2D eigenvalue weighted by atomic mass is 9.67. The van der Waals surface area contributed by atoms with Crippen LogP contribution in [0.3, 0.4) is 0 Å². The molecule has 0 saturated carbocycles. The number of ketones is 1. The Bertz CT molecular complexity index is 507. The molecule has 0 radical (unpaired) electrons. The Morgan fingerprint density at radius 2 is 2.05 bits per heavy atom. The molecular formula is C16H22O4. The molecule has 20 heavy (non-hydrogen) atoms. The van der Waals surface area contributed by atoms with Gasteiger partial charge in [0.15, 0.2) is 11.5 Å². The van der Waals surface area contributed by atoms with Gasteiger partial charge in [0, 0.05) is 18.4 Å². The van der Waals surface area contributed by atoms with Crippen molar-refractivity contribution >= 4 is 11.8 Å². The van der Waals surface area contributed by atoms with Crippen LogP contribution in [0.2, 0.25) is 0 Å². The number of allylic oxidation sites excluding steroid dienone is 5. The minimum Gasteiger partial charge on any atom is -0.504 e. The van der Waals surface area contributed by atoms with Gasteiger partial charge in [-0.1, -0.05) is 32.9 Å². The second kappa shape index (κ2) is 6.07. The van der Waals surface area contributed by atoms with E-state index in [1.807, 2.05) is 26.8 Å². The molecule has 0 fully saturated rings. The van der Waals surface area contributed by atoms with Crippen molar-refractivity contribution in [2.45, 2.75) is 40.5 Å². The molecule has 1 rings (SSSR count). The van der Waals surface area contributed by atoms with Gasteiger partial charge in [-0.3, -0.25) is 4.79 Å². The van der Waals surface area contributed by atoms with Crippen LogP contribution in [0.4, 0.5) is 0 Å². The standard InChI is InChI=1S/C16H22O4/c1-5-11(8-14(18)19)6-7-12-10(2)15(20)13(17)9-16(12,3)4/h6-8,12,20H,5,9H2,1-4H3,(H,18,19)/b7-6+,11-8-. The third kappa shape index (κ3) is 3.59. The smallest absolute Gasteiger partial charge is 0.328 e. The summed E-state index contributed by atoms with van der Waals surface area (Å²) in [7, 11) is 0. The van der Waals surface area contributed by atoms with E-state index >= 15 is 0 Å². The van der Waals surface area contributed by atoms with E-state index in [2.05, 4.69) is 0 Å². The fourth-order valence-electron chi connectivity index (χ4n) is 2.61. The molecule has 0 aromatic heterocycles. The Balaban J connectivity index is 3.11. The van der Waals surface area contributed by atoms with E-state index in [1.165, 1.54) is 6.08 Å². The van der Waals surface area contributed by atoms with Crippen molar-refractivity contribution < 1.29 is 19.8 Å². The molecule has 4 heteroatoms. The number of hydrogen-bond donors (Lipinski definition) is 2. The number of hydrogen-bond acceptors (Lipinski definition) is 3. The van der Waals surface area contributed by atoms with Crippen LogP contribution >= 0.6 is 0 Å².